The summed E-state index contributed by atoms with van der Waals surface area (Å²) in [6.45, 7) is 1.11. The molecule has 0 heterocycles. The molecule has 11 nitrogen and oxygen atoms in total. The standard InChI is InChI=1S/2C9H11NO2.C3H8O2.C2H5NO2/c2*10-8(9(11)12)6-7-4-2-1-3-5-7;1-3(5)2-4;3-1-2(4)5/h2*1-5,8H,6,10H2,(H,11,12);3-5H,2H2,1H3;1,3H2,(H,4,5)/t2*8-;;/m00../s1. The van der Waals surface area contributed by atoms with Gasteiger partial charge in [-0.1, -0.05) is 60.7 Å². The number of benzene rings is 2. The van der Waals surface area contributed by atoms with Crippen LogP contribution in [0.3, 0.4) is 0 Å². The van der Waals surface area contributed by atoms with E-state index in [-0.39, 0.29) is 13.2 Å². The van der Waals surface area contributed by atoms with E-state index in [2.05, 4.69) is 5.73 Å². The van der Waals surface area contributed by atoms with Gasteiger partial charge in [0.05, 0.1) is 19.3 Å². The molecule has 3 atom stereocenters. The molecule has 2 aromatic rings. The molecule has 0 aliphatic carbocycles. The van der Waals surface area contributed by atoms with Gasteiger partial charge in [-0.15, -0.1) is 0 Å². The number of carboxylic acids is 3. The third-order valence-electron chi connectivity index (χ3n) is 3.67. The van der Waals surface area contributed by atoms with E-state index in [1.54, 1.807) is 0 Å². The summed E-state index contributed by atoms with van der Waals surface area (Å²) in [6.07, 6.45) is 0.210. The largest absolute Gasteiger partial charge is 0.480 e. The Bertz CT molecular complexity index is 747. The minimum absolute atomic E-state index is 0.139. The van der Waals surface area contributed by atoms with Crippen molar-refractivity contribution in [3.05, 3.63) is 71.8 Å². The average Bonchev–Trinajstić information content (AvgIpc) is 2.81. The topological polar surface area (TPSA) is 230 Å². The minimum Gasteiger partial charge on any atom is -0.480 e. The van der Waals surface area contributed by atoms with Gasteiger partial charge < -0.3 is 42.7 Å². The molecular weight excluding hydrogens is 446 g/mol. The van der Waals surface area contributed by atoms with Crippen molar-refractivity contribution in [2.75, 3.05) is 13.2 Å². The Morgan fingerprint density at radius 1 is 0.765 bits per heavy atom. The molecule has 0 bridgehead atoms. The molecule has 34 heavy (non-hydrogen) atoms. The lowest BCUT2D eigenvalue weighted by molar-refractivity contribution is -0.139. The summed E-state index contributed by atoms with van der Waals surface area (Å²) in [6, 6.07) is 17.1. The maximum atomic E-state index is 10.4. The highest BCUT2D eigenvalue weighted by Gasteiger charge is 2.11. The fourth-order valence-electron chi connectivity index (χ4n) is 1.91. The molecule has 0 spiro atoms. The molecule has 0 aliphatic rings. The molecule has 2 rings (SSSR count). The zero-order valence-corrected chi connectivity index (χ0v) is 19.0. The summed E-state index contributed by atoms with van der Waals surface area (Å²) in [4.78, 5) is 30.0. The Morgan fingerprint density at radius 2 is 1.03 bits per heavy atom. The molecule has 0 aliphatic heterocycles. The van der Waals surface area contributed by atoms with Crippen molar-refractivity contribution in [3.8, 4) is 0 Å². The number of carbonyl (C=O) groups is 3. The van der Waals surface area contributed by atoms with Crippen molar-refractivity contribution in [1.29, 1.82) is 0 Å². The van der Waals surface area contributed by atoms with Crippen LogP contribution in [0.15, 0.2) is 60.7 Å². The fourth-order valence-corrected chi connectivity index (χ4v) is 1.91. The van der Waals surface area contributed by atoms with Crippen molar-refractivity contribution in [2.45, 2.75) is 38.0 Å². The number of hydrogen-bond acceptors (Lipinski definition) is 8. The average molecular weight is 482 g/mol. The first-order valence-electron chi connectivity index (χ1n) is 10.2. The number of aliphatic hydroxyl groups excluding tert-OH is 2. The Balaban J connectivity index is 0. The summed E-state index contributed by atoms with van der Waals surface area (Å²) in [5.41, 5.74) is 17.2. The van der Waals surface area contributed by atoms with Crippen LogP contribution in [-0.4, -0.2) is 74.8 Å². The van der Waals surface area contributed by atoms with Crippen LogP contribution < -0.4 is 17.2 Å². The Hall–Kier alpha value is -3.35. The second-order valence-electron chi connectivity index (χ2n) is 6.90. The predicted molar refractivity (Wildman–Crippen MR) is 127 cm³/mol. The van der Waals surface area contributed by atoms with Crippen LogP contribution in [0, 0.1) is 0 Å². The van der Waals surface area contributed by atoms with Gasteiger partial charge in [0.2, 0.25) is 0 Å². The molecular formula is C23H35N3O8. The molecule has 2 aromatic carbocycles. The summed E-state index contributed by atoms with van der Waals surface area (Å²) >= 11 is 0. The Morgan fingerprint density at radius 3 is 1.21 bits per heavy atom. The maximum absolute atomic E-state index is 10.4. The van der Waals surface area contributed by atoms with Gasteiger partial charge in [0.15, 0.2) is 0 Å². The lowest BCUT2D eigenvalue weighted by Crippen LogP contribution is -2.32. The number of aliphatic carboxylic acids is 3. The fraction of sp³-hybridized carbons (Fsp3) is 0.348. The monoisotopic (exact) mass is 481 g/mol. The Kier molecular flexibility index (Phi) is 19.6. The van der Waals surface area contributed by atoms with Crippen LogP contribution in [-0.2, 0) is 27.2 Å². The van der Waals surface area contributed by atoms with Gasteiger partial charge in [0.1, 0.15) is 12.1 Å². The Labute approximate surface area is 198 Å². The third-order valence-corrected chi connectivity index (χ3v) is 3.67. The van der Waals surface area contributed by atoms with Crippen LogP contribution in [0.2, 0.25) is 0 Å². The van der Waals surface area contributed by atoms with Crippen molar-refractivity contribution in [3.63, 3.8) is 0 Å². The van der Waals surface area contributed by atoms with Crippen molar-refractivity contribution in [1.82, 2.24) is 0 Å². The molecule has 11 heteroatoms. The van der Waals surface area contributed by atoms with Gasteiger partial charge >= 0.3 is 17.9 Å². The van der Waals surface area contributed by atoms with Crippen LogP contribution in [0.4, 0.5) is 0 Å². The van der Waals surface area contributed by atoms with Gasteiger partial charge in [-0.05, 0) is 30.9 Å². The van der Waals surface area contributed by atoms with Crippen molar-refractivity contribution in [2.24, 2.45) is 17.2 Å². The lowest BCUT2D eigenvalue weighted by atomic mass is 10.1. The highest BCUT2D eigenvalue weighted by Crippen LogP contribution is 2.02. The summed E-state index contributed by atoms with van der Waals surface area (Å²) in [5.74, 6) is -2.89. The second kappa shape index (κ2) is 20.3. The van der Waals surface area contributed by atoms with Crippen molar-refractivity contribution >= 4 is 17.9 Å². The third kappa shape index (κ3) is 20.5. The van der Waals surface area contributed by atoms with E-state index in [0.717, 1.165) is 11.1 Å². The number of carboxylic acid groups (broad SMARTS) is 3. The summed E-state index contributed by atoms with van der Waals surface area (Å²) in [7, 11) is 0. The van der Waals surface area contributed by atoms with Crippen LogP contribution in [0.1, 0.15) is 18.1 Å². The van der Waals surface area contributed by atoms with Gasteiger partial charge in [-0.3, -0.25) is 14.4 Å². The normalized spacial score (nSPS) is 12.1. The van der Waals surface area contributed by atoms with Crippen molar-refractivity contribution < 1.29 is 39.9 Å². The number of aliphatic hydroxyl groups is 2. The highest BCUT2D eigenvalue weighted by atomic mass is 16.4. The SMILES string of the molecule is CC(O)CO.NCC(=O)O.N[C@@H](Cc1ccccc1)C(=O)O.N[C@@H](Cc1ccccc1)C(=O)O. The molecule has 190 valence electrons. The summed E-state index contributed by atoms with van der Waals surface area (Å²) < 4.78 is 0. The number of nitrogens with two attached hydrogens (primary N) is 3. The lowest BCUT2D eigenvalue weighted by Gasteiger charge is -2.04. The first kappa shape index (κ1) is 32.8. The van der Waals surface area contributed by atoms with Crippen LogP contribution in [0.5, 0.6) is 0 Å². The quantitative estimate of drug-likeness (QED) is 0.243. The summed E-state index contributed by atoms with van der Waals surface area (Å²) in [5, 5.41) is 40.6. The molecule has 0 aromatic heterocycles. The number of hydrogen-bond donors (Lipinski definition) is 8. The maximum Gasteiger partial charge on any atom is 0.320 e. The van der Waals surface area contributed by atoms with Gasteiger partial charge in [0, 0.05) is 0 Å². The molecule has 0 amide bonds. The van der Waals surface area contributed by atoms with Gasteiger partial charge in [-0.2, -0.15) is 0 Å². The van der Waals surface area contributed by atoms with Crippen LogP contribution in [0.25, 0.3) is 0 Å². The minimum atomic E-state index is -0.968. The van der Waals surface area contributed by atoms with E-state index in [1.165, 1.54) is 6.92 Å². The second-order valence-corrected chi connectivity index (χ2v) is 6.90. The molecule has 0 saturated heterocycles. The van der Waals surface area contributed by atoms with E-state index in [0.29, 0.717) is 12.8 Å². The highest BCUT2D eigenvalue weighted by molar-refractivity contribution is 5.73. The van der Waals surface area contributed by atoms with E-state index in [1.807, 2.05) is 60.7 Å². The zero-order valence-electron chi connectivity index (χ0n) is 19.0. The van der Waals surface area contributed by atoms with E-state index >= 15 is 0 Å². The molecule has 0 fully saturated rings. The van der Waals surface area contributed by atoms with E-state index in [4.69, 9.17) is 37.0 Å². The predicted octanol–water partition coefficient (Wildman–Crippen LogP) is -0.329. The smallest absolute Gasteiger partial charge is 0.320 e. The number of rotatable bonds is 8. The molecule has 11 N–H and O–H groups in total. The first-order valence-corrected chi connectivity index (χ1v) is 10.2. The van der Waals surface area contributed by atoms with Crippen LogP contribution >= 0.6 is 0 Å². The molecule has 0 radical (unpaired) electrons. The molecule has 0 saturated carbocycles. The van der Waals surface area contributed by atoms with Gasteiger partial charge in [0.25, 0.3) is 0 Å². The van der Waals surface area contributed by atoms with E-state index in [9.17, 15) is 14.4 Å². The zero-order chi connectivity index (χ0) is 26.5. The first-order chi connectivity index (χ1) is 15.9. The van der Waals surface area contributed by atoms with Gasteiger partial charge in [-0.25, -0.2) is 0 Å². The molecule has 1 unspecified atom stereocenters. The van der Waals surface area contributed by atoms with E-state index < -0.39 is 36.1 Å².